The van der Waals surface area contributed by atoms with Gasteiger partial charge in [0, 0.05) is 24.7 Å². The normalized spacial score (nSPS) is 15.5. The van der Waals surface area contributed by atoms with Crippen LogP contribution in [0.3, 0.4) is 0 Å². The van der Waals surface area contributed by atoms with Crippen molar-refractivity contribution in [2.45, 2.75) is 38.3 Å². The van der Waals surface area contributed by atoms with Crippen LogP contribution in [0, 0.1) is 0 Å². The third kappa shape index (κ3) is 5.14. The standard InChI is InChI=1S/C23H26N4O4/c1-16(31-18-6-3-2-4-7-18)23(29)27-11-9-17(10-12-27)20-14-21(26-25-20)22(28)24-15-19-8-5-13-30-19/h2-8,13-14,16-17H,9-12,15H2,1H3,(H,24,28)(H,25,26). The van der Waals surface area contributed by atoms with Gasteiger partial charge in [-0.25, -0.2) is 0 Å². The highest BCUT2D eigenvalue weighted by molar-refractivity contribution is 5.92. The number of benzene rings is 1. The molecule has 3 heterocycles. The van der Waals surface area contributed by atoms with E-state index in [-0.39, 0.29) is 17.7 Å². The molecule has 2 aromatic heterocycles. The molecule has 1 unspecified atom stereocenters. The summed E-state index contributed by atoms with van der Waals surface area (Å²) in [5.41, 5.74) is 1.27. The van der Waals surface area contributed by atoms with Crippen molar-refractivity contribution < 1.29 is 18.7 Å². The number of aromatic amines is 1. The molecule has 2 N–H and O–H groups in total. The molecule has 1 fully saturated rings. The van der Waals surface area contributed by atoms with Gasteiger partial charge in [0.25, 0.3) is 11.8 Å². The molecule has 162 valence electrons. The number of amides is 2. The quantitative estimate of drug-likeness (QED) is 0.609. The van der Waals surface area contributed by atoms with E-state index in [0.717, 1.165) is 18.5 Å². The molecule has 31 heavy (non-hydrogen) atoms. The van der Waals surface area contributed by atoms with Gasteiger partial charge in [-0.2, -0.15) is 5.10 Å². The molecule has 3 aromatic rings. The Morgan fingerprint density at radius 1 is 1.23 bits per heavy atom. The van der Waals surface area contributed by atoms with Crippen LogP contribution in [0.4, 0.5) is 0 Å². The summed E-state index contributed by atoms with van der Waals surface area (Å²) in [6.07, 6.45) is 2.65. The number of ether oxygens (including phenoxy) is 1. The molecule has 1 atom stereocenters. The first-order valence-electron chi connectivity index (χ1n) is 10.5. The van der Waals surface area contributed by atoms with E-state index in [1.165, 1.54) is 0 Å². The van der Waals surface area contributed by atoms with Crippen molar-refractivity contribution in [1.29, 1.82) is 0 Å². The molecule has 0 spiro atoms. The minimum absolute atomic E-state index is 0.00935. The van der Waals surface area contributed by atoms with Gasteiger partial charge in [0.15, 0.2) is 6.10 Å². The number of hydrogen-bond donors (Lipinski definition) is 2. The maximum atomic E-state index is 12.7. The second kappa shape index (κ2) is 9.51. The van der Waals surface area contributed by atoms with Crippen LogP contribution in [0.1, 0.15) is 47.6 Å². The van der Waals surface area contributed by atoms with Crippen molar-refractivity contribution in [2.24, 2.45) is 0 Å². The predicted octanol–water partition coefficient (Wildman–Crippen LogP) is 3.11. The highest BCUT2D eigenvalue weighted by atomic mass is 16.5. The Morgan fingerprint density at radius 2 is 2.00 bits per heavy atom. The van der Waals surface area contributed by atoms with E-state index in [1.54, 1.807) is 31.4 Å². The van der Waals surface area contributed by atoms with E-state index >= 15 is 0 Å². The Morgan fingerprint density at radius 3 is 2.71 bits per heavy atom. The predicted molar refractivity (Wildman–Crippen MR) is 114 cm³/mol. The molecule has 1 aliphatic heterocycles. The van der Waals surface area contributed by atoms with Crippen LogP contribution in [-0.2, 0) is 11.3 Å². The molecule has 8 heteroatoms. The number of nitrogens with one attached hydrogen (secondary N) is 2. The topological polar surface area (TPSA) is 100 Å². The van der Waals surface area contributed by atoms with Gasteiger partial charge in [-0.3, -0.25) is 14.7 Å². The second-order valence-electron chi connectivity index (χ2n) is 7.64. The van der Waals surface area contributed by atoms with Crippen LogP contribution in [0.2, 0.25) is 0 Å². The molecule has 1 aliphatic rings. The number of hydrogen-bond acceptors (Lipinski definition) is 5. The van der Waals surface area contributed by atoms with E-state index in [2.05, 4.69) is 15.5 Å². The summed E-state index contributed by atoms with van der Waals surface area (Å²) >= 11 is 0. The van der Waals surface area contributed by atoms with Gasteiger partial charge in [-0.15, -0.1) is 0 Å². The fourth-order valence-corrected chi connectivity index (χ4v) is 3.75. The summed E-state index contributed by atoms with van der Waals surface area (Å²) in [4.78, 5) is 26.9. The zero-order valence-corrected chi connectivity index (χ0v) is 17.4. The Hall–Kier alpha value is -3.55. The summed E-state index contributed by atoms with van der Waals surface area (Å²) < 4.78 is 11.0. The van der Waals surface area contributed by atoms with E-state index in [9.17, 15) is 9.59 Å². The van der Waals surface area contributed by atoms with Crippen LogP contribution in [0.25, 0.3) is 0 Å². The fourth-order valence-electron chi connectivity index (χ4n) is 3.75. The van der Waals surface area contributed by atoms with E-state index < -0.39 is 6.10 Å². The number of nitrogens with zero attached hydrogens (tertiary/aromatic N) is 2. The van der Waals surface area contributed by atoms with Gasteiger partial charge in [-0.05, 0) is 50.1 Å². The number of carbonyl (C=O) groups is 2. The van der Waals surface area contributed by atoms with Crippen molar-refractivity contribution in [3.63, 3.8) is 0 Å². The average Bonchev–Trinajstić information content (AvgIpc) is 3.50. The average molecular weight is 422 g/mol. The summed E-state index contributed by atoms with van der Waals surface area (Å²) in [5.74, 6) is 1.34. The van der Waals surface area contributed by atoms with Crippen molar-refractivity contribution in [3.05, 3.63) is 71.9 Å². The summed E-state index contributed by atoms with van der Waals surface area (Å²) in [6, 6.07) is 14.7. The van der Waals surface area contributed by atoms with Crippen molar-refractivity contribution in [3.8, 4) is 5.75 Å². The van der Waals surface area contributed by atoms with Crippen LogP contribution in [0.15, 0.2) is 59.2 Å². The lowest BCUT2D eigenvalue weighted by molar-refractivity contribution is -0.139. The lowest BCUT2D eigenvalue weighted by atomic mass is 9.93. The lowest BCUT2D eigenvalue weighted by Crippen LogP contribution is -2.44. The number of piperidine rings is 1. The molecule has 8 nitrogen and oxygen atoms in total. The first-order chi connectivity index (χ1) is 15.1. The molecule has 0 radical (unpaired) electrons. The largest absolute Gasteiger partial charge is 0.481 e. The molecule has 2 amide bonds. The van der Waals surface area contributed by atoms with E-state index in [1.807, 2.05) is 35.2 Å². The Bertz CT molecular complexity index is 992. The first kappa shape index (κ1) is 20.7. The Labute approximate surface area is 180 Å². The zero-order chi connectivity index (χ0) is 21.6. The fraction of sp³-hybridized carbons (Fsp3) is 0.348. The van der Waals surface area contributed by atoms with Gasteiger partial charge in [0.2, 0.25) is 0 Å². The van der Waals surface area contributed by atoms with Crippen LogP contribution >= 0.6 is 0 Å². The van der Waals surface area contributed by atoms with Gasteiger partial charge in [0.05, 0.1) is 12.8 Å². The summed E-state index contributed by atoms with van der Waals surface area (Å²) in [7, 11) is 0. The third-order valence-electron chi connectivity index (χ3n) is 5.48. The number of likely N-dealkylation sites (tertiary alicyclic amines) is 1. The number of H-pyrrole nitrogens is 1. The minimum Gasteiger partial charge on any atom is -0.481 e. The van der Waals surface area contributed by atoms with Crippen LogP contribution in [0.5, 0.6) is 5.75 Å². The minimum atomic E-state index is -0.532. The Balaban J connectivity index is 1.27. The summed E-state index contributed by atoms with van der Waals surface area (Å²) in [5, 5.41) is 9.93. The summed E-state index contributed by atoms with van der Waals surface area (Å²) in [6.45, 7) is 3.39. The third-order valence-corrected chi connectivity index (χ3v) is 5.48. The van der Waals surface area contributed by atoms with E-state index in [0.29, 0.717) is 36.8 Å². The molecule has 4 rings (SSSR count). The van der Waals surface area contributed by atoms with Crippen LogP contribution in [-0.4, -0.2) is 46.1 Å². The zero-order valence-electron chi connectivity index (χ0n) is 17.4. The molecule has 0 aliphatic carbocycles. The molecule has 1 aromatic carbocycles. The molecule has 0 bridgehead atoms. The van der Waals surface area contributed by atoms with Crippen molar-refractivity contribution in [1.82, 2.24) is 20.4 Å². The van der Waals surface area contributed by atoms with Gasteiger partial charge in [0.1, 0.15) is 17.2 Å². The van der Waals surface area contributed by atoms with Gasteiger partial charge >= 0.3 is 0 Å². The maximum absolute atomic E-state index is 12.7. The number of aromatic nitrogens is 2. The van der Waals surface area contributed by atoms with E-state index in [4.69, 9.17) is 9.15 Å². The number of rotatable bonds is 7. The first-order valence-corrected chi connectivity index (χ1v) is 10.5. The SMILES string of the molecule is CC(Oc1ccccc1)C(=O)N1CCC(c2cc(C(=O)NCc3ccco3)n[nH]2)CC1. The van der Waals surface area contributed by atoms with Crippen LogP contribution < -0.4 is 10.1 Å². The lowest BCUT2D eigenvalue weighted by Gasteiger charge is -2.33. The smallest absolute Gasteiger partial charge is 0.272 e. The highest BCUT2D eigenvalue weighted by Gasteiger charge is 2.28. The molecular formula is C23H26N4O4. The van der Waals surface area contributed by atoms with Gasteiger partial charge < -0.3 is 19.4 Å². The number of furan rings is 1. The molecule has 0 saturated carbocycles. The molecular weight excluding hydrogens is 396 g/mol. The maximum Gasteiger partial charge on any atom is 0.272 e. The number of para-hydroxylation sites is 1. The van der Waals surface area contributed by atoms with Crippen molar-refractivity contribution >= 4 is 11.8 Å². The number of carbonyl (C=O) groups excluding carboxylic acids is 2. The van der Waals surface area contributed by atoms with Gasteiger partial charge in [-0.1, -0.05) is 18.2 Å². The monoisotopic (exact) mass is 422 g/mol. The Kier molecular flexibility index (Phi) is 6.35. The van der Waals surface area contributed by atoms with Crippen molar-refractivity contribution in [2.75, 3.05) is 13.1 Å². The second-order valence-corrected chi connectivity index (χ2v) is 7.64. The molecule has 1 saturated heterocycles. The highest BCUT2D eigenvalue weighted by Crippen LogP contribution is 2.27.